The standard InChI is InChI=1S/C23H24N8O/c1-16-5-4-6-18(13-16)26-21-27-22(29-23(28-21)31-9-11-32-12-10-31)30-25-15-17-14-24-20-8-3-2-7-19(17)20/h2-8,13-15,24H,9-12H2,1H3,(H2,26,27,28,29,30)/b25-15-. The molecule has 0 amide bonds. The minimum atomic E-state index is 0.368. The number of nitrogens with one attached hydrogen (secondary N) is 3. The van der Waals surface area contributed by atoms with Gasteiger partial charge in [-0.25, -0.2) is 5.43 Å². The Bertz CT molecular complexity index is 1250. The summed E-state index contributed by atoms with van der Waals surface area (Å²) < 4.78 is 5.46. The van der Waals surface area contributed by atoms with Gasteiger partial charge in [-0.15, -0.1) is 0 Å². The number of rotatable bonds is 6. The van der Waals surface area contributed by atoms with Crippen LogP contribution < -0.4 is 15.6 Å². The number of anilines is 4. The zero-order valence-electron chi connectivity index (χ0n) is 17.7. The first kappa shape index (κ1) is 20.0. The minimum Gasteiger partial charge on any atom is -0.378 e. The Morgan fingerprint density at radius 1 is 1.03 bits per heavy atom. The molecule has 9 nitrogen and oxygen atoms in total. The van der Waals surface area contributed by atoms with Crippen LogP contribution in [0.1, 0.15) is 11.1 Å². The van der Waals surface area contributed by atoms with E-state index in [-0.39, 0.29) is 0 Å². The van der Waals surface area contributed by atoms with Crippen LogP contribution in [-0.2, 0) is 4.74 Å². The highest BCUT2D eigenvalue weighted by molar-refractivity contribution is 5.99. The van der Waals surface area contributed by atoms with E-state index in [2.05, 4.69) is 46.7 Å². The molecule has 1 aliphatic heterocycles. The number of hydrogen-bond acceptors (Lipinski definition) is 8. The van der Waals surface area contributed by atoms with Crippen molar-refractivity contribution in [2.45, 2.75) is 6.92 Å². The predicted octanol–water partition coefficient (Wildman–Crippen LogP) is 3.69. The summed E-state index contributed by atoms with van der Waals surface area (Å²) in [5, 5.41) is 8.74. The number of benzene rings is 2. The van der Waals surface area contributed by atoms with Crippen LogP contribution in [0.3, 0.4) is 0 Å². The van der Waals surface area contributed by atoms with Crippen LogP contribution in [0.2, 0.25) is 0 Å². The van der Waals surface area contributed by atoms with Gasteiger partial charge in [0.2, 0.25) is 17.8 Å². The second-order valence-electron chi connectivity index (χ2n) is 7.54. The molecule has 3 heterocycles. The van der Waals surface area contributed by atoms with Crippen molar-refractivity contribution in [2.24, 2.45) is 5.10 Å². The van der Waals surface area contributed by atoms with Gasteiger partial charge in [0.05, 0.1) is 19.4 Å². The summed E-state index contributed by atoms with van der Waals surface area (Å²) in [4.78, 5) is 19.0. The molecule has 2 aromatic carbocycles. The molecular formula is C23H24N8O. The Morgan fingerprint density at radius 2 is 1.88 bits per heavy atom. The predicted molar refractivity (Wildman–Crippen MR) is 127 cm³/mol. The average Bonchev–Trinajstić information content (AvgIpc) is 3.23. The molecule has 5 rings (SSSR count). The van der Waals surface area contributed by atoms with Gasteiger partial charge in [0.1, 0.15) is 0 Å². The highest BCUT2D eigenvalue weighted by atomic mass is 16.5. The number of H-pyrrole nitrogens is 1. The monoisotopic (exact) mass is 428 g/mol. The lowest BCUT2D eigenvalue weighted by Gasteiger charge is -2.27. The van der Waals surface area contributed by atoms with Crippen LogP contribution in [0.25, 0.3) is 10.9 Å². The number of para-hydroxylation sites is 1. The molecule has 1 aliphatic rings. The van der Waals surface area contributed by atoms with Crippen LogP contribution >= 0.6 is 0 Å². The smallest absolute Gasteiger partial charge is 0.250 e. The quantitative estimate of drug-likeness (QED) is 0.318. The van der Waals surface area contributed by atoms with Crippen molar-refractivity contribution in [3.8, 4) is 0 Å². The molecule has 0 spiro atoms. The van der Waals surface area contributed by atoms with Crippen molar-refractivity contribution >= 4 is 40.6 Å². The Hall–Kier alpha value is -3.98. The molecule has 0 unspecified atom stereocenters. The molecule has 32 heavy (non-hydrogen) atoms. The van der Waals surface area contributed by atoms with E-state index < -0.39 is 0 Å². The summed E-state index contributed by atoms with van der Waals surface area (Å²) in [6.45, 7) is 4.80. The second kappa shape index (κ2) is 9.03. The fourth-order valence-corrected chi connectivity index (χ4v) is 3.59. The number of hydrogen-bond donors (Lipinski definition) is 3. The first-order valence-electron chi connectivity index (χ1n) is 10.5. The highest BCUT2D eigenvalue weighted by Crippen LogP contribution is 2.20. The van der Waals surface area contributed by atoms with E-state index >= 15 is 0 Å². The topological polar surface area (TPSA) is 103 Å². The zero-order valence-corrected chi connectivity index (χ0v) is 17.7. The maximum Gasteiger partial charge on any atom is 0.250 e. The Kier molecular flexibility index (Phi) is 5.63. The molecule has 2 aromatic heterocycles. The van der Waals surface area contributed by atoms with Gasteiger partial charge in [0.25, 0.3) is 0 Å². The van der Waals surface area contributed by atoms with E-state index in [1.54, 1.807) is 6.21 Å². The van der Waals surface area contributed by atoms with Gasteiger partial charge in [-0.05, 0) is 30.7 Å². The number of aryl methyl sites for hydroxylation is 1. The molecule has 1 saturated heterocycles. The van der Waals surface area contributed by atoms with Gasteiger partial charge in [-0.3, -0.25) is 0 Å². The summed E-state index contributed by atoms with van der Waals surface area (Å²) in [5.41, 5.74) is 7.07. The van der Waals surface area contributed by atoms with E-state index in [4.69, 9.17) is 4.74 Å². The maximum absolute atomic E-state index is 5.46. The molecule has 0 bridgehead atoms. The third-order valence-electron chi connectivity index (χ3n) is 5.18. The normalized spacial score (nSPS) is 14.2. The zero-order chi connectivity index (χ0) is 21.8. The van der Waals surface area contributed by atoms with Crippen LogP contribution in [-0.4, -0.2) is 52.5 Å². The third kappa shape index (κ3) is 4.52. The molecular weight excluding hydrogens is 404 g/mol. The first-order valence-corrected chi connectivity index (χ1v) is 10.5. The van der Waals surface area contributed by atoms with E-state index in [0.29, 0.717) is 31.1 Å². The molecule has 1 fully saturated rings. The Balaban J connectivity index is 1.40. The van der Waals surface area contributed by atoms with Crippen LogP contribution in [0.4, 0.5) is 23.5 Å². The molecule has 0 aliphatic carbocycles. The lowest BCUT2D eigenvalue weighted by Crippen LogP contribution is -2.37. The maximum atomic E-state index is 5.46. The fraction of sp³-hybridized carbons (Fsp3) is 0.217. The van der Waals surface area contributed by atoms with Crippen LogP contribution in [0.15, 0.2) is 59.8 Å². The average molecular weight is 429 g/mol. The summed E-state index contributed by atoms with van der Waals surface area (Å²) in [7, 11) is 0. The fourth-order valence-electron chi connectivity index (χ4n) is 3.59. The van der Waals surface area contributed by atoms with Gasteiger partial charge in [0.15, 0.2) is 0 Å². The third-order valence-corrected chi connectivity index (χ3v) is 5.18. The first-order chi connectivity index (χ1) is 15.7. The van der Waals surface area contributed by atoms with Crippen molar-refractivity contribution in [3.63, 3.8) is 0 Å². The lowest BCUT2D eigenvalue weighted by molar-refractivity contribution is 0.122. The lowest BCUT2D eigenvalue weighted by atomic mass is 10.2. The van der Waals surface area contributed by atoms with Crippen LogP contribution in [0.5, 0.6) is 0 Å². The van der Waals surface area contributed by atoms with E-state index in [1.807, 2.05) is 55.6 Å². The van der Waals surface area contributed by atoms with Gasteiger partial charge < -0.3 is 19.9 Å². The van der Waals surface area contributed by atoms with Crippen molar-refractivity contribution in [1.82, 2.24) is 19.9 Å². The largest absolute Gasteiger partial charge is 0.378 e. The number of morpholine rings is 1. The Labute approximate surface area is 185 Å². The second-order valence-corrected chi connectivity index (χ2v) is 7.54. The van der Waals surface area contributed by atoms with Crippen molar-refractivity contribution in [3.05, 3.63) is 65.9 Å². The number of ether oxygens (including phenoxy) is 1. The van der Waals surface area contributed by atoms with Gasteiger partial charge in [0, 0.05) is 41.4 Å². The summed E-state index contributed by atoms with van der Waals surface area (Å²) >= 11 is 0. The number of nitrogens with zero attached hydrogens (tertiary/aromatic N) is 5. The number of aromatic nitrogens is 4. The van der Waals surface area contributed by atoms with Crippen molar-refractivity contribution in [2.75, 3.05) is 41.9 Å². The number of aromatic amines is 1. The molecule has 0 saturated carbocycles. The van der Waals surface area contributed by atoms with Gasteiger partial charge >= 0.3 is 0 Å². The van der Waals surface area contributed by atoms with Crippen LogP contribution in [0, 0.1) is 6.92 Å². The van der Waals surface area contributed by atoms with Gasteiger partial charge in [-0.2, -0.15) is 20.1 Å². The van der Waals surface area contributed by atoms with E-state index in [0.717, 1.165) is 40.8 Å². The molecule has 0 radical (unpaired) electrons. The minimum absolute atomic E-state index is 0.368. The van der Waals surface area contributed by atoms with E-state index in [1.165, 1.54) is 0 Å². The summed E-state index contributed by atoms with van der Waals surface area (Å²) in [5.74, 6) is 1.41. The van der Waals surface area contributed by atoms with E-state index in [9.17, 15) is 0 Å². The summed E-state index contributed by atoms with van der Waals surface area (Å²) in [6, 6.07) is 16.1. The Morgan fingerprint density at radius 3 is 2.75 bits per heavy atom. The molecule has 4 aromatic rings. The molecule has 9 heteroatoms. The molecule has 0 atom stereocenters. The SMILES string of the molecule is Cc1cccc(Nc2nc(N/N=C\c3c[nH]c4ccccc34)nc(N3CCOCC3)n2)c1. The highest BCUT2D eigenvalue weighted by Gasteiger charge is 2.16. The summed E-state index contributed by atoms with van der Waals surface area (Å²) in [6.07, 6.45) is 3.68. The van der Waals surface area contributed by atoms with Crippen molar-refractivity contribution in [1.29, 1.82) is 0 Å². The molecule has 162 valence electrons. The number of hydrazone groups is 1. The number of fused-ring (bicyclic) bond motifs is 1. The van der Waals surface area contributed by atoms with Gasteiger partial charge in [-0.1, -0.05) is 30.3 Å². The van der Waals surface area contributed by atoms with Crippen molar-refractivity contribution < 1.29 is 4.74 Å². The molecule has 3 N–H and O–H groups in total.